The Morgan fingerprint density at radius 1 is 1.03 bits per heavy atom. The van der Waals surface area contributed by atoms with E-state index in [1.807, 2.05) is 6.07 Å². The Morgan fingerprint density at radius 2 is 1.76 bits per heavy atom. The smallest absolute Gasteiger partial charge is 0.275 e. The highest BCUT2D eigenvalue weighted by atomic mass is 32.2. The number of alkyl halides is 6. The molecule has 0 saturated heterocycles. The van der Waals surface area contributed by atoms with Crippen LogP contribution in [0.5, 0.6) is 0 Å². The summed E-state index contributed by atoms with van der Waals surface area (Å²) in [5.74, 6) is 0.176. The van der Waals surface area contributed by atoms with Crippen LogP contribution in [0.25, 0.3) is 28.2 Å². The first-order chi connectivity index (χ1) is 17.2. The Kier molecular flexibility index (Phi) is 6.42. The molecule has 4 rings (SSSR count). The highest BCUT2D eigenvalue weighted by Crippen LogP contribution is 2.37. The van der Waals surface area contributed by atoms with E-state index in [2.05, 4.69) is 15.0 Å². The molecule has 0 saturated carbocycles. The van der Waals surface area contributed by atoms with Gasteiger partial charge in [0.25, 0.3) is 0 Å². The summed E-state index contributed by atoms with van der Waals surface area (Å²) >= 11 is 0. The van der Waals surface area contributed by atoms with Crippen LogP contribution in [-0.2, 0) is 16.2 Å². The zero-order valence-corrected chi connectivity index (χ0v) is 19.3. The fourth-order valence-electron chi connectivity index (χ4n) is 3.43. The molecule has 15 heteroatoms. The molecule has 4 aromatic rings. The van der Waals surface area contributed by atoms with E-state index in [4.69, 9.17) is 0 Å². The number of hydrogen-bond donors (Lipinski definition) is 1. The maximum atomic E-state index is 13.3. The monoisotopic (exact) mass is 540 g/mol. The van der Waals surface area contributed by atoms with Crippen LogP contribution in [0.2, 0.25) is 0 Å². The van der Waals surface area contributed by atoms with Gasteiger partial charge in [-0.15, -0.1) is 0 Å². The summed E-state index contributed by atoms with van der Waals surface area (Å²) in [4.78, 5) is 11.5. The van der Waals surface area contributed by atoms with Gasteiger partial charge < -0.3 is 0 Å². The average Bonchev–Trinajstić information content (AvgIpc) is 3.17. The Balaban J connectivity index is 1.91. The van der Waals surface area contributed by atoms with E-state index in [1.165, 1.54) is 21.6 Å². The van der Waals surface area contributed by atoms with Gasteiger partial charge in [-0.25, -0.2) is 18.4 Å². The molecule has 0 amide bonds. The zero-order chi connectivity index (χ0) is 27.2. The fraction of sp³-hybridized carbons (Fsp3) is 0.182. The van der Waals surface area contributed by atoms with Gasteiger partial charge in [0.1, 0.15) is 28.5 Å². The van der Waals surface area contributed by atoms with Gasteiger partial charge in [0.15, 0.2) is 0 Å². The van der Waals surface area contributed by atoms with Gasteiger partial charge in [-0.05, 0) is 37.3 Å². The van der Waals surface area contributed by atoms with Crippen LogP contribution in [-0.4, -0.2) is 40.2 Å². The molecule has 0 aliphatic carbocycles. The number of halogens is 6. The molecule has 1 atom stereocenters. The van der Waals surface area contributed by atoms with Gasteiger partial charge in [-0.3, -0.25) is 9.55 Å². The second-order valence-electron chi connectivity index (χ2n) is 7.72. The minimum atomic E-state index is -4.83. The molecule has 0 aliphatic heterocycles. The number of hydrogen-bond acceptors (Lipinski definition) is 6. The van der Waals surface area contributed by atoms with Gasteiger partial charge in [0.05, 0.1) is 22.5 Å². The zero-order valence-electron chi connectivity index (χ0n) is 18.5. The summed E-state index contributed by atoms with van der Waals surface area (Å²) in [6.07, 6.45) is -6.79. The third-order valence-electron chi connectivity index (χ3n) is 5.24. The summed E-state index contributed by atoms with van der Waals surface area (Å²) in [5, 5.41) is 9.70. The highest BCUT2D eigenvalue weighted by Gasteiger charge is 2.39. The van der Waals surface area contributed by atoms with Crippen molar-refractivity contribution in [1.82, 2.24) is 24.2 Å². The van der Waals surface area contributed by atoms with E-state index >= 15 is 0 Å². The molecule has 0 aliphatic rings. The number of aromatic nitrogens is 4. The first kappa shape index (κ1) is 26.0. The lowest BCUT2D eigenvalue weighted by Gasteiger charge is -2.17. The minimum absolute atomic E-state index is 0.0383. The van der Waals surface area contributed by atoms with E-state index in [9.17, 15) is 40.0 Å². The van der Waals surface area contributed by atoms with Gasteiger partial charge in [-0.1, -0.05) is 6.07 Å². The van der Waals surface area contributed by atoms with E-state index in [0.29, 0.717) is 13.1 Å². The number of rotatable bonds is 5. The van der Waals surface area contributed by atoms with E-state index in [0.717, 1.165) is 24.4 Å². The Hall–Kier alpha value is -4.03. The molecule has 0 aromatic carbocycles. The van der Waals surface area contributed by atoms with Crippen molar-refractivity contribution in [1.29, 1.82) is 5.26 Å². The summed E-state index contributed by atoms with van der Waals surface area (Å²) in [5.41, 5.74) is -1.48. The van der Waals surface area contributed by atoms with Gasteiger partial charge in [0, 0.05) is 24.0 Å². The van der Waals surface area contributed by atoms with Crippen LogP contribution in [0.1, 0.15) is 18.1 Å². The molecule has 0 radical (unpaired) electrons. The van der Waals surface area contributed by atoms with Crippen LogP contribution in [0.15, 0.2) is 59.9 Å². The van der Waals surface area contributed by atoms with Crippen molar-refractivity contribution >= 4 is 21.1 Å². The van der Waals surface area contributed by atoms with Crippen molar-refractivity contribution in [2.75, 3.05) is 0 Å². The molecular formula is C22H14F6N6O2S. The fourth-order valence-corrected chi connectivity index (χ4v) is 4.61. The number of fused-ring (bicyclic) bond motifs is 1. The van der Waals surface area contributed by atoms with E-state index in [-0.39, 0.29) is 33.8 Å². The summed E-state index contributed by atoms with van der Waals surface area (Å²) in [7, 11) is -4.62. The van der Waals surface area contributed by atoms with Crippen LogP contribution < -0.4 is 4.72 Å². The number of sulfonamides is 1. The van der Waals surface area contributed by atoms with Gasteiger partial charge in [0.2, 0.25) is 10.0 Å². The molecule has 0 fully saturated rings. The molecule has 0 spiro atoms. The number of nitriles is 1. The summed E-state index contributed by atoms with van der Waals surface area (Å²) in [6.45, 7) is 0.631. The van der Waals surface area contributed by atoms with Gasteiger partial charge in [-0.2, -0.15) is 36.3 Å². The van der Waals surface area contributed by atoms with Crippen molar-refractivity contribution in [3.63, 3.8) is 0 Å². The summed E-state index contributed by atoms with van der Waals surface area (Å²) < 4.78 is 106. The van der Waals surface area contributed by atoms with Crippen LogP contribution in [0.4, 0.5) is 26.3 Å². The molecule has 0 bridgehead atoms. The third-order valence-corrected chi connectivity index (χ3v) is 6.76. The highest BCUT2D eigenvalue weighted by molar-refractivity contribution is 7.89. The molecule has 8 nitrogen and oxygen atoms in total. The molecule has 37 heavy (non-hydrogen) atoms. The van der Waals surface area contributed by atoms with E-state index < -0.39 is 38.9 Å². The predicted molar refractivity (Wildman–Crippen MR) is 118 cm³/mol. The lowest BCUT2D eigenvalue weighted by Crippen LogP contribution is -2.42. The van der Waals surface area contributed by atoms with Crippen molar-refractivity contribution < 1.29 is 34.8 Å². The predicted octanol–water partition coefficient (Wildman–Crippen LogP) is 4.60. The van der Waals surface area contributed by atoms with Crippen LogP contribution >= 0.6 is 0 Å². The first-order valence-corrected chi connectivity index (χ1v) is 11.7. The lowest BCUT2D eigenvalue weighted by molar-refractivity contribution is -0.147. The van der Waals surface area contributed by atoms with Crippen LogP contribution in [0, 0.1) is 11.3 Å². The molecular weight excluding hydrogens is 526 g/mol. The maximum Gasteiger partial charge on any atom is 0.417 e. The Labute approximate surface area is 205 Å². The van der Waals surface area contributed by atoms with Crippen LogP contribution in [0.3, 0.4) is 0 Å². The SMILES string of the molecule is CC(NS(=O)(=O)c1ccc(-c2c(C#N)c3cc(C(F)(F)F)cnc3n2-c2ccccn2)nc1)C(F)(F)F. The standard InChI is InChI=1S/C22H14F6N6O2S/c1-12(21(23,24)25)33-37(35,36)14-5-6-17(31-11-14)19-16(9-29)15-8-13(22(26,27)28)10-32-20(15)34(19)18-4-2-3-7-30-18/h2-8,10-12,33H,1H3. The molecule has 1 unspecified atom stereocenters. The molecule has 1 N–H and O–H groups in total. The van der Waals surface area contributed by atoms with Crippen molar-refractivity contribution in [3.8, 4) is 23.3 Å². The second-order valence-corrected chi connectivity index (χ2v) is 9.43. The normalized spacial score (nSPS) is 13.5. The Morgan fingerprint density at radius 3 is 2.30 bits per heavy atom. The topological polar surface area (TPSA) is 114 Å². The van der Waals surface area contributed by atoms with Gasteiger partial charge >= 0.3 is 12.4 Å². The summed E-state index contributed by atoms with van der Waals surface area (Å²) in [6, 6.07) is 6.98. The maximum absolute atomic E-state index is 13.3. The van der Waals surface area contributed by atoms with E-state index in [1.54, 1.807) is 12.1 Å². The quantitative estimate of drug-likeness (QED) is 0.370. The number of nitrogens with zero attached hydrogens (tertiary/aromatic N) is 5. The lowest BCUT2D eigenvalue weighted by atomic mass is 10.1. The largest absolute Gasteiger partial charge is 0.417 e. The van der Waals surface area contributed by atoms with Crippen molar-refractivity contribution in [2.24, 2.45) is 0 Å². The number of pyridine rings is 3. The van der Waals surface area contributed by atoms with Crippen molar-refractivity contribution in [2.45, 2.75) is 30.2 Å². The Bertz CT molecular complexity index is 1610. The third kappa shape index (κ3) is 4.98. The average molecular weight is 540 g/mol. The number of nitrogens with one attached hydrogen (secondary N) is 1. The minimum Gasteiger partial charge on any atom is -0.275 e. The second kappa shape index (κ2) is 9.12. The van der Waals surface area contributed by atoms with Crippen molar-refractivity contribution in [3.05, 3.63) is 66.1 Å². The molecule has 4 heterocycles. The molecule has 4 aromatic heterocycles. The first-order valence-electron chi connectivity index (χ1n) is 10.2. The molecule has 192 valence electrons.